The van der Waals surface area contributed by atoms with E-state index in [9.17, 15) is 4.79 Å². The second kappa shape index (κ2) is 5.18. The zero-order chi connectivity index (χ0) is 12.3. The van der Waals surface area contributed by atoms with Gasteiger partial charge in [-0.3, -0.25) is 0 Å². The zero-order valence-corrected chi connectivity index (χ0v) is 9.43. The van der Waals surface area contributed by atoms with Crippen LogP contribution in [0.2, 0.25) is 0 Å². The summed E-state index contributed by atoms with van der Waals surface area (Å²) < 4.78 is 4.99. The third-order valence-corrected chi connectivity index (χ3v) is 3.29. The van der Waals surface area contributed by atoms with Crippen molar-refractivity contribution >= 4 is 12.0 Å². The predicted octanol–water partition coefficient (Wildman–Crippen LogP) is 1.19. The summed E-state index contributed by atoms with van der Waals surface area (Å²) in [5.74, 6) is -0.368. The number of aromatic carboxylic acids is 1. The molecule has 94 valence electrons. The van der Waals surface area contributed by atoms with Crippen LogP contribution in [-0.2, 0) is 0 Å². The van der Waals surface area contributed by atoms with Crippen LogP contribution in [0, 0.1) is 11.8 Å². The average Bonchev–Trinajstić information content (AvgIpc) is 2.95. The zero-order valence-electron chi connectivity index (χ0n) is 9.43. The Labute approximate surface area is 98.7 Å². The number of carboxylic acid groups (broad SMARTS) is 1. The maximum absolute atomic E-state index is 10.6. The van der Waals surface area contributed by atoms with E-state index in [0.29, 0.717) is 18.4 Å². The van der Waals surface area contributed by atoms with Crippen LogP contribution in [-0.4, -0.2) is 34.3 Å². The van der Waals surface area contributed by atoms with Gasteiger partial charge in [0.2, 0.25) is 0 Å². The second-order valence-corrected chi connectivity index (χ2v) is 4.36. The van der Waals surface area contributed by atoms with Crippen LogP contribution in [0.15, 0.2) is 10.7 Å². The first-order chi connectivity index (χ1) is 8.20. The number of anilines is 1. The van der Waals surface area contributed by atoms with Gasteiger partial charge in [0, 0.05) is 13.2 Å². The molecule has 0 bridgehead atoms. The smallest absolute Gasteiger partial charge is 0.357 e. The topological polar surface area (TPSA) is 95.6 Å². The van der Waals surface area contributed by atoms with E-state index in [1.54, 1.807) is 0 Å². The van der Waals surface area contributed by atoms with E-state index in [2.05, 4.69) is 10.3 Å². The molecule has 0 saturated heterocycles. The van der Waals surface area contributed by atoms with Gasteiger partial charge < -0.3 is 19.9 Å². The van der Waals surface area contributed by atoms with E-state index in [-0.39, 0.29) is 18.3 Å². The number of aliphatic hydroxyl groups excluding tert-OH is 1. The molecule has 1 aliphatic carbocycles. The van der Waals surface area contributed by atoms with Crippen LogP contribution in [0.3, 0.4) is 0 Å². The van der Waals surface area contributed by atoms with Crippen molar-refractivity contribution in [2.75, 3.05) is 18.5 Å². The molecule has 0 aliphatic heterocycles. The molecule has 0 amide bonds. The maximum Gasteiger partial charge on any atom is 0.357 e. The molecule has 1 saturated carbocycles. The Kier molecular flexibility index (Phi) is 3.63. The van der Waals surface area contributed by atoms with Gasteiger partial charge >= 0.3 is 5.97 Å². The summed E-state index contributed by atoms with van der Waals surface area (Å²) in [6.07, 6.45) is 4.37. The molecule has 6 nitrogen and oxygen atoms in total. The van der Waals surface area contributed by atoms with Crippen molar-refractivity contribution in [2.45, 2.75) is 19.3 Å². The lowest BCUT2D eigenvalue weighted by Gasteiger charge is -2.16. The van der Waals surface area contributed by atoms with E-state index in [1.165, 1.54) is 0 Å². The third kappa shape index (κ3) is 2.76. The second-order valence-electron chi connectivity index (χ2n) is 4.36. The molecule has 2 atom stereocenters. The highest BCUT2D eigenvalue weighted by Gasteiger charge is 2.26. The number of nitrogens with zero attached hydrogens (tertiary/aromatic N) is 1. The fraction of sp³-hybridized carbons (Fsp3) is 0.636. The normalized spacial score (nSPS) is 23.8. The van der Waals surface area contributed by atoms with Crippen molar-refractivity contribution in [3.8, 4) is 0 Å². The van der Waals surface area contributed by atoms with Crippen molar-refractivity contribution < 1.29 is 19.4 Å². The molecule has 1 aromatic rings. The predicted molar refractivity (Wildman–Crippen MR) is 59.9 cm³/mol. The number of carboxylic acids is 1. The molecule has 1 aromatic heterocycles. The first kappa shape index (κ1) is 11.9. The largest absolute Gasteiger partial charge is 0.476 e. The lowest BCUT2D eigenvalue weighted by molar-refractivity contribution is 0.0690. The van der Waals surface area contributed by atoms with Gasteiger partial charge in [-0.15, -0.1) is 0 Å². The highest BCUT2D eigenvalue weighted by atomic mass is 16.4. The third-order valence-electron chi connectivity index (χ3n) is 3.29. The number of hydrogen-bond acceptors (Lipinski definition) is 5. The summed E-state index contributed by atoms with van der Waals surface area (Å²) in [5.41, 5.74) is -0.0994. The molecular weight excluding hydrogens is 224 g/mol. The molecule has 17 heavy (non-hydrogen) atoms. The molecule has 0 radical (unpaired) electrons. The molecule has 0 aromatic carbocycles. The Morgan fingerprint density at radius 2 is 2.29 bits per heavy atom. The summed E-state index contributed by atoms with van der Waals surface area (Å²) in [6, 6.07) is 0.228. The highest BCUT2D eigenvalue weighted by Crippen LogP contribution is 2.31. The Morgan fingerprint density at radius 1 is 1.53 bits per heavy atom. The highest BCUT2D eigenvalue weighted by molar-refractivity contribution is 5.85. The van der Waals surface area contributed by atoms with Gasteiger partial charge in [0.1, 0.15) is 6.26 Å². The van der Waals surface area contributed by atoms with Crippen molar-refractivity contribution in [1.29, 1.82) is 0 Å². The molecule has 6 heteroatoms. The first-order valence-corrected chi connectivity index (χ1v) is 5.74. The van der Waals surface area contributed by atoms with Crippen LogP contribution in [0.25, 0.3) is 0 Å². The monoisotopic (exact) mass is 240 g/mol. The summed E-state index contributed by atoms with van der Waals surface area (Å²) in [6.45, 7) is 0.864. The number of rotatable bonds is 5. The molecule has 2 rings (SSSR count). The number of aliphatic hydroxyl groups is 1. The van der Waals surface area contributed by atoms with Crippen LogP contribution in [0.1, 0.15) is 29.8 Å². The number of aromatic nitrogens is 1. The molecule has 1 fully saturated rings. The van der Waals surface area contributed by atoms with Gasteiger partial charge in [0.05, 0.1) is 0 Å². The van der Waals surface area contributed by atoms with E-state index >= 15 is 0 Å². The van der Waals surface area contributed by atoms with Gasteiger partial charge in [-0.25, -0.2) is 4.79 Å². The SMILES string of the molecule is O=C(O)c1coc(NCC2CCCC2CO)n1. The van der Waals surface area contributed by atoms with E-state index in [1.807, 2.05) is 0 Å². The summed E-state index contributed by atoms with van der Waals surface area (Å²) in [7, 11) is 0. The van der Waals surface area contributed by atoms with Crippen molar-refractivity contribution in [3.63, 3.8) is 0 Å². The van der Waals surface area contributed by atoms with Crippen LogP contribution in [0.5, 0.6) is 0 Å². The molecule has 3 N–H and O–H groups in total. The van der Waals surface area contributed by atoms with Gasteiger partial charge in [-0.05, 0) is 24.7 Å². The van der Waals surface area contributed by atoms with E-state index in [0.717, 1.165) is 25.5 Å². The van der Waals surface area contributed by atoms with Gasteiger partial charge in [0.15, 0.2) is 5.69 Å². The quantitative estimate of drug-likeness (QED) is 0.715. The van der Waals surface area contributed by atoms with Crippen LogP contribution < -0.4 is 5.32 Å². The van der Waals surface area contributed by atoms with Gasteiger partial charge in [-0.1, -0.05) is 6.42 Å². The molecule has 2 unspecified atom stereocenters. The Hall–Kier alpha value is -1.56. The average molecular weight is 240 g/mol. The van der Waals surface area contributed by atoms with Crippen molar-refractivity contribution in [3.05, 3.63) is 12.0 Å². The minimum atomic E-state index is -1.10. The number of oxazole rings is 1. The molecule has 1 aliphatic rings. The Balaban J connectivity index is 1.86. The maximum atomic E-state index is 10.6. The van der Waals surface area contributed by atoms with Crippen LogP contribution in [0.4, 0.5) is 6.01 Å². The fourth-order valence-electron chi connectivity index (χ4n) is 2.29. The summed E-state index contributed by atoms with van der Waals surface area (Å²) in [5, 5.41) is 20.8. The van der Waals surface area contributed by atoms with Crippen LogP contribution >= 0.6 is 0 Å². The minimum Gasteiger partial charge on any atom is -0.476 e. The van der Waals surface area contributed by atoms with Crippen molar-refractivity contribution in [2.24, 2.45) is 11.8 Å². The lowest BCUT2D eigenvalue weighted by atomic mass is 9.97. The molecule has 0 spiro atoms. The Morgan fingerprint density at radius 3 is 2.94 bits per heavy atom. The summed E-state index contributed by atoms with van der Waals surface area (Å²) >= 11 is 0. The number of carbonyl (C=O) groups is 1. The van der Waals surface area contributed by atoms with E-state index in [4.69, 9.17) is 14.6 Å². The van der Waals surface area contributed by atoms with Gasteiger partial charge in [-0.2, -0.15) is 4.98 Å². The Bertz CT molecular complexity index is 391. The first-order valence-electron chi connectivity index (χ1n) is 5.74. The number of nitrogens with one attached hydrogen (secondary N) is 1. The summed E-state index contributed by atoms with van der Waals surface area (Å²) in [4.78, 5) is 14.4. The molecular formula is C11H16N2O4. The minimum absolute atomic E-state index is 0.0994. The van der Waals surface area contributed by atoms with Gasteiger partial charge in [0.25, 0.3) is 6.01 Å². The number of hydrogen-bond donors (Lipinski definition) is 3. The molecule has 1 heterocycles. The lowest BCUT2D eigenvalue weighted by Crippen LogP contribution is -2.20. The van der Waals surface area contributed by atoms with E-state index < -0.39 is 5.97 Å². The van der Waals surface area contributed by atoms with Crippen molar-refractivity contribution in [1.82, 2.24) is 4.98 Å². The fourth-order valence-corrected chi connectivity index (χ4v) is 2.29. The standard InChI is InChI=1S/C11H16N2O4/c14-5-8-3-1-2-7(8)4-12-11-13-9(6-17-11)10(15)16/h6-8,14H,1-5H2,(H,12,13)(H,15,16).